The van der Waals surface area contributed by atoms with E-state index in [0.717, 1.165) is 0 Å². The maximum atomic E-state index is 14.2. The van der Waals surface area contributed by atoms with Crippen LogP contribution in [-0.4, -0.2) is 63.7 Å². The Hall–Kier alpha value is -2.00. The smallest absolute Gasteiger partial charge is 0.293 e. The van der Waals surface area contributed by atoms with Gasteiger partial charge in [0.1, 0.15) is 8.42 Å². The van der Waals surface area contributed by atoms with Gasteiger partial charge in [-0.1, -0.05) is 0 Å². The minimum Gasteiger partial charge on any atom is -0.293 e. The number of hydrogen-bond acceptors (Lipinski definition) is 10. The lowest BCUT2D eigenvalue weighted by molar-refractivity contribution is -0.346. The van der Waals surface area contributed by atoms with Crippen LogP contribution in [0.25, 0.3) is 0 Å². The molecule has 0 bridgehead atoms. The van der Waals surface area contributed by atoms with Crippen LogP contribution in [0.1, 0.15) is 32.2 Å². The number of hydrogen-bond donors (Lipinski definition) is 0. The topological polar surface area (TPSA) is 137 Å². The second kappa shape index (κ2) is 11.0. The van der Waals surface area contributed by atoms with E-state index in [-0.39, 0.29) is 22.7 Å². The molecule has 222 valence electrons. The van der Waals surface area contributed by atoms with Crippen molar-refractivity contribution in [3.8, 4) is 0 Å². The zero-order chi connectivity index (χ0) is 31.3. The van der Waals surface area contributed by atoms with Crippen molar-refractivity contribution in [3.63, 3.8) is 0 Å². The lowest BCUT2D eigenvalue weighted by Crippen LogP contribution is -2.66. The number of carbonyl (C=O) groups is 4. The fraction of sp³-hybridized carbons (Fsp3) is 0.333. The van der Waals surface area contributed by atoms with Crippen molar-refractivity contribution in [1.29, 1.82) is 0 Å². The molecule has 8 nitrogen and oxygen atoms in total. The number of carbonyl (C=O) groups excluding carboxylic acids is 4. The van der Waals surface area contributed by atoms with Crippen LogP contribution < -0.4 is 0 Å². The first-order valence-electron chi connectivity index (χ1n) is 9.51. The summed E-state index contributed by atoms with van der Waals surface area (Å²) in [6.45, 7) is 0. The molecule has 0 aliphatic carbocycles. The predicted octanol–water partition coefficient (Wildman–Crippen LogP) is 5.19. The molecule has 2 aromatic rings. The number of ketones is 4. The van der Waals surface area contributed by atoms with Crippen LogP contribution in [0.15, 0.2) is 32.7 Å². The van der Waals surface area contributed by atoms with E-state index in [4.69, 9.17) is 21.4 Å². The second-order valence-corrected chi connectivity index (χ2v) is 15.2. The lowest BCUT2D eigenvalue weighted by atomic mass is 9.91. The molecule has 0 unspecified atom stereocenters. The van der Waals surface area contributed by atoms with E-state index >= 15 is 0 Å². The van der Waals surface area contributed by atoms with E-state index in [1.165, 1.54) is 0 Å². The van der Waals surface area contributed by atoms with Gasteiger partial charge in [0.2, 0.25) is 11.6 Å². The van der Waals surface area contributed by atoms with Crippen LogP contribution in [0.2, 0.25) is 0 Å². The first-order valence-corrected chi connectivity index (χ1v) is 15.8. The Balaban J connectivity index is 2.29. The molecule has 0 fully saturated rings. The third-order valence-electron chi connectivity index (χ3n) is 4.72. The van der Waals surface area contributed by atoms with Crippen molar-refractivity contribution < 1.29 is 71.1 Å². The summed E-state index contributed by atoms with van der Waals surface area (Å²) in [5.41, 5.74) is 0. The number of alkyl halides is 8. The van der Waals surface area contributed by atoms with Gasteiger partial charge in [0.25, 0.3) is 18.1 Å². The van der Waals surface area contributed by atoms with E-state index < -0.39 is 95.9 Å². The second-order valence-electron chi connectivity index (χ2n) is 7.46. The van der Waals surface area contributed by atoms with Gasteiger partial charge >= 0.3 is 23.7 Å². The van der Waals surface area contributed by atoms with Gasteiger partial charge in [-0.25, -0.2) is 16.8 Å². The van der Waals surface area contributed by atoms with Crippen LogP contribution in [0.3, 0.4) is 0 Å². The van der Waals surface area contributed by atoms with Gasteiger partial charge in [0, 0.05) is 21.4 Å². The molecule has 2 heterocycles. The third-order valence-corrected chi connectivity index (χ3v) is 11.2. The van der Waals surface area contributed by atoms with Crippen LogP contribution in [0.4, 0.5) is 35.1 Å². The predicted molar refractivity (Wildman–Crippen MR) is 122 cm³/mol. The average Bonchev–Trinajstić information content (AvgIpc) is 3.48. The van der Waals surface area contributed by atoms with Crippen molar-refractivity contribution in [2.24, 2.45) is 0 Å². The maximum absolute atomic E-state index is 14.2. The Bertz CT molecular complexity index is 1480. The number of Topliss-reactive ketones (excluding diaryl/α,β-unsaturated/α-hetero) is 4. The maximum Gasteiger partial charge on any atom is 0.386 e. The van der Waals surface area contributed by atoms with Crippen molar-refractivity contribution >= 4 is 85.3 Å². The first-order chi connectivity index (χ1) is 17.8. The number of rotatable bonds is 13. The highest BCUT2D eigenvalue weighted by molar-refractivity contribution is 8.15. The minimum absolute atomic E-state index is 0.0103. The molecular formula is C18H8Cl2F8O8S4. The molecule has 0 saturated carbocycles. The molecule has 2 rings (SSSR count). The quantitative estimate of drug-likeness (QED) is 0.120. The number of halogens is 10. The molecule has 0 aromatic carbocycles. The van der Waals surface area contributed by atoms with E-state index in [2.05, 4.69) is 0 Å². The van der Waals surface area contributed by atoms with E-state index in [0.29, 0.717) is 24.3 Å². The summed E-state index contributed by atoms with van der Waals surface area (Å²) in [6, 6.07) is 2.54. The molecule has 0 aliphatic rings. The van der Waals surface area contributed by atoms with Gasteiger partial charge in [-0.3, -0.25) is 19.2 Å². The highest BCUT2D eigenvalue weighted by Crippen LogP contribution is 2.53. The monoisotopic (exact) mass is 702 g/mol. The van der Waals surface area contributed by atoms with Crippen molar-refractivity contribution in [2.75, 3.05) is 0 Å². The van der Waals surface area contributed by atoms with Crippen LogP contribution >= 0.6 is 44.0 Å². The fourth-order valence-corrected chi connectivity index (χ4v) is 6.66. The van der Waals surface area contributed by atoms with E-state index in [1.54, 1.807) is 0 Å². The standard InChI is InChI=1S/C18H8Cl2F8O8S4/c19-39(33,34)13-3-1-9(37-13)7(29)5-11(31)15(21,22)17(25,26)18(27,28)16(23,24)12(32)6-8(30)10-2-4-14(38-10)40(20,35)36/h1-4H,5-6H2. The third kappa shape index (κ3) is 6.40. The molecule has 0 saturated heterocycles. The zero-order valence-corrected chi connectivity index (χ0v) is 23.2. The van der Waals surface area contributed by atoms with Gasteiger partial charge in [-0.15, -0.1) is 22.7 Å². The molecule has 0 spiro atoms. The Morgan fingerprint density at radius 2 is 0.875 bits per heavy atom. The lowest BCUT2D eigenvalue weighted by Gasteiger charge is -2.35. The molecular weight excluding hydrogens is 695 g/mol. The first kappa shape index (κ1) is 34.2. The Morgan fingerprint density at radius 1 is 0.600 bits per heavy atom. The summed E-state index contributed by atoms with van der Waals surface area (Å²) in [5.74, 6) is -38.2. The van der Waals surface area contributed by atoms with Gasteiger partial charge < -0.3 is 0 Å². The summed E-state index contributed by atoms with van der Waals surface area (Å²) >= 11 is -0.0206. The highest BCUT2D eigenvalue weighted by atomic mass is 35.7. The fourth-order valence-electron chi connectivity index (χ4n) is 2.63. The summed E-state index contributed by atoms with van der Waals surface area (Å²) in [5, 5.41) is 0. The minimum atomic E-state index is -7.32. The Kier molecular flexibility index (Phi) is 9.41. The molecule has 0 aliphatic heterocycles. The van der Waals surface area contributed by atoms with Gasteiger partial charge in [0.15, 0.2) is 11.6 Å². The summed E-state index contributed by atoms with van der Waals surface area (Å²) < 4.78 is 157. The van der Waals surface area contributed by atoms with Gasteiger partial charge in [-0.2, -0.15) is 35.1 Å². The highest BCUT2D eigenvalue weighted by Gasteiger charge is 2.83. The van der Waals surface area contributed by atoms with Gasteiger partial charge in [-0.05, 0) is 24.3 Å². The van der Waals surface area contributed by atoms with Crippen molar-refractivity contribution in [2.45, 2.75) is 45.0 Å². The van der Waals surface area contributed by atoms with Crippen LogP contribution in [-0.2, 0) is 27.7 Å². The normalized spacial score (nSPS) is 13.8. The molecule has 0 radical (unpaired) electrons. The Morgan fingerprint density at radius 3 is 1.10 bits per heavy atom. The van der Waals surface area contributed by atoms with Crippen molar-refractivity contribution in [3.05, 3.63) is 34.0 Å². The van der Waals surface area contributed by atoms with Crippen LogP contribution in [0, 0.1) is 0 Å². The molecule has 0 amide bonds. The molecule has 2 aromatic heterocycles. The molecule has 0 N–H and O–H groups in total. The molecule has 22 heteroatoms. The average molecular weight is 703 g/mol. The number of thiophene rings is 2. The van der Waals surface area contributed by atoms with Crippen LogP contribution in [0.5, 0.6) is 0 Å². The van der Waals surface area contributed by atoms with E-state index in [1.807, 2.05) is 0 Å². The summed E-state index contributed by atoms with van der Waals surface area (Å²) in [7, 11) is 1.03. The molecule has 40 heavy (non-hydrogen) atoms. The SMILES string of the molecule is O=C(CC(=O)C(F)(F)C(F)(F)C(F)(F)C(F)(F)C(=O)CC(=O)c1ccc(S(=O)(=O)Cl)s1)c1ccc(S(=O)(=O)Cl)s1. The van der Waals surface area contributed by atoms with Gasteiger partial charge in [0.05, 0.1) is 22.6 Å². The zero-order valence-electron chi connectivity index (χ0n) is 18.4. The van der Waals surface area contributed by atoms with E-state index in [9.17, 15) is 71.1 Å². The summed E-state index contributed by atoms with van der Waals surface area (Å²) in [4.78, 5) is 45.7. The summed E-state index contributed by atoms with van der Waals surface area (Å²) in [6.07, 6.45) is -4.58. The largest absolute Gasteiger partial charge is 0.386 e. The Labute approximate surface area is 234 Å². The molecule has 0 atom stereocenters. The van der Waals surface area contributed by atoms with Crippen molar-refractivity contribution in [1.82, 2.24) is 0 Å².